The summed E-state index contributed by atoms with van der Waals surface area (Å²) in [6, 6.07) is 9.48. The van der Waals surface area contributed by atoms with Gasteiger partial charge in [0.2, 0.25) is 0 Å². The van der Waals surface area contributed by atoms with Crippen molar-refractivity contribution in [3.05, 3.63) is 48.7 Å². The van der Waals surface area contributed by atoms with E-state index in [2.05, 4.69) is 23.2 Å². The van der Waals surface area contributed by atoms with Gasteiger partial charge >= 0.3 is 5.97 Å². The van der Waals surface area contributed by atoms with Crippen LogP contribution in [0, 0.1) is 11.8 Å². The van der Waals surface area contributed by atoms with Crippen LogP contribution < -0.4 is 0 Å². The smallest absolute Gasteiger partial charge is 0.345 e. The number of hydrogen-bond acceptors (Lipinski definition) is 3. The molecule has 0 aliphatic rings. The van der Waals surface area contributed by atoms with Gasteiger partial charge in [-0.05, 0) is 12.1 Å². The average Bonchev–Trinajstić information content (AvgIpc) is 2.33. The maximum atomic E-state index is 11.0. The molecule has 1 aromatic carbocycles. The fourth-order valence-electron chi connectivity index (χ4n) is 0.945. The summed E-state index contributed by atoms with van der Waals surface area (Å²) in [5.41, 5.74) is 0.890. The van der Waals surface area contributed by atoms with Crippen LogP contribution in [0.5, 0.6) is 0 Å². The zero-order valence-electron chi connectivity index (χ0n) is 8.81. The van der Waals surface area contributed by atoms with Gasteiger partial charge in [0.15, 0.2) is 13.2 Å². The van der Waals surface area contributed by atoms with Gasteiger partial charge in [0.1, 0.15) is 0 Å². The van der Waals surface area contributed by atoms with Gasteiger partial charge in [0, 0.05) is 5.56 Å². The number of carbonyl (C=O) groups is 1. The van der Waals surface area contributed by atoms with Crippen molar-refractivity contribution in [3.8, 4) is 11.8 Å². The Morgan fingerprint density at radius 3 is 2.81 bits per heavy atom. The minimum Gasteiger partial charge on any atom is -0.490 e. The summed E-state index contributed by atoms with van der Waals surface area (Å²) >= 11 is 0. The standard InChI is InChI=1S/C13H12O3/c1-2-15-11-13(14)16-10-6-9-12-7-4-3-5-8-12/h2-5,7-8H,1,10-11H2. The monoisotopic (exact) mass is 216 g/mol. The molecule has 3 nitrogen and oxygen atoms in total. The average molecular weight is 216 g/mol. The Kier molecular flexibility index (Phi) is 5.29. The fraction of sp³-hybridized carbons (Fsp3) is 0.154. The third kappa shape index (κ3) is 4.87. The van der Waals surface area contributed by atoms with Crippen LogP contribution in [0.15, 0.2) is 43.2 Å². The molecule has 0 fully saturated rings. The molecule has 0 spiro atoms. The molecule has 0 radical (unpaired) electrons. The van der Waals surface area contributed by atoms with Gasteiger partial charge in [-0.2, -0.15) is 0 Å². The zero-order valence-corrected chi connectivity index (χ0v) is 8.81. The highest BCUT2D eigenvalue weighted by atomic mass is 16.6. The summed E-state index contributed by atoms with van der Waals surface area (Å²) in [6.07, 6.45) is 1.19. The van der Waals surface area contributed by atoms with Gasteiger partial charge < -0.3 is 9.47 Å². The molecule has 0 saturated carbocycles. The lowest BCUT2D eigenvalue weighted by Crippen LogP contribution is -2.10. The third-order valence-electron chi connectivity index (χ3n) is 1.63. The van der Waals surface area contributed by atoms with Gasteiger partial charge in [0.25, 0.3) is 0 Å². The minimum absolute atomic E-state index is 0.0637. The second kappa shape index (κ2) is 7.13. The number of esters is 1. The van der Waals surface area contributed by atoms with Crippen molar-refractivity contribution < 1.29 is 14.3 Å². The van der Waals surface area contributed by atoms with Crippen molar-refractivity contribution in [2.45, 2.75) is 0 Å². The van der Waals surface area contributed by atoms with Crippen LogP contribution >= 0.6 is 0 Å². The fourth-order valence-corrected chi connectivity index (χ4v) is 0.945. The molecule has 16 heavy (non-hydrogen) atoms. The van der Waals surface area contributed by atoms with Gasteiger partial charge in [-0.25, -0.2) is 4.79 Å². The van der Waals surface area contributed by atoms with E-state index in [1.165, 1.54) is 6.26 Å². The highest BCUT2D eigenvalue weighted by Gasteiger charge is 1.98. The molecular weight excluding hydrogens is 204 g/mol. The predicted molar refractivity (Wildman–Crippen MR) is 60.4 cm³/mol. The SMILES string of the molecule is C=COCC(=O)OCC#Cc1ccccc1. The minimum atomic E-state index is -0.456. The first kappa shape index (κ1) is 11.9. The van der Waals surface area contributed by atoms with E-state index in [9.17, 15) is 4.79 Å². The van der Waals surface area contributed by atoms with E-state index in [-0.39, 0.29) is 13.2 Å². The molecule has 1 aromatic rings. The van der Waals surface area contributed by atoms with E-state index in [0.717, 1.165) is 5.56 Å². The predicted octanol–water partition coefficient (Wildman–Crippen LogP) is 1.74. The molecule has 0 aliphatic heterocycles. The maximum absolute atomic E-state index is 11.0. The summed E-state index contributed by atoms with van der Waals surface area (Å²) in [4.78, 5) is 11.0. The molecule has 0 amide bonds. The number of ether oxygens (including phenoxy) is 2. The highest BCUT2D eigenvalue weighted by molar-refractivity contribution is 5.70. The van der Waals surface area contributed by atoms with Crippen molar-refractivity contribution in [1.82, 2.24) is 0 Å². The largest absolute Gasteiger partial charge is 0.490 e. The number of carbonyl (C=O) groups excluding carboxylic acids is 1. The molecule has 0 saturated heterocycles. The lowest BCUT2D eigenvalue weighted by Gasteiger charge is -1.99. The molecule has 0 bridgehead atoms. The summed E-state index contributed by atoms with van der Waals surface area (Å²) in [5, 5.41) is 0. The van der Waals surface area contributed by atoms with Crippen LogP contribution in [0.4, 0.5) is 0 Å². The van der Waals surface area contributed by atoms with Crippen LogP contribution in [-0.4, -0.2) is 19.2 Å². The van der Waals surface area contributed by atoms with E-state index in [0.29, 0.717) is 0 Å². The molecule has 0 N–H and O–H groups in total. The van der Waals surface area contributed by atoms with Gasteiger partial charge in [0.05, 0.1) is 6.26 Å². The Morgan fingerprint density at radius 1 is 1.38 bits per heavy atom. The molecule has 0 atom stereocenters. The molecular formula is C13H12O3. The lowest BCUT2D eigenvalue weighted by molar-refractivity contribution is -0.145. The van der Waals surface area contributed by atoms with Crippen LogP contribution in [0.3, 0.4) is 0 Å². The van der Waals surface area contributed by atoms with Crippen LogP contribution in [0.1, 0.15) is 5.56 Å². The van der Waals surface area contributed by atoms with E-state index >= 15 is 0 Å². The number of benzene rings is 1. The van der Waals surface area contributed by atoms with Gasteiger partial charge in [-0.15, -0.1) is 0 Å². The molecule has 0 aromatic heterocycles. The highest BCUT2D eigenvalue weighted by Crippen LogP contribution is 1.94. The first-order valence-electron chi connectivity index (χ1n) is 4.75. The van der Waals surface area contributed by atoms with Crippen molar-refractivity contribution in [1.29, 1.82) is 0 Å². The van der Waals surface area contributed by atoms with Crippen LogP contribution in [0.25, 0.3) is 0 Å². The number of rotatable bonds is 4. The first-order valence-corrected chi connectivity index (χ1v) is 4.75. The van der Waals surface area contributed by atoms with E-state index < -0.39 is 5.97 Å². The van der Waals surface area contributed by atoms with Gasteiger partial charge in [-0.1, -0.05) is 36.6 Å². The second-order valence-electron chi connectivity index (χ2n) is 2.81. The molecule has 0 unspecified atom stereocenters. The van der Waals surface area contributed by atoms with E-state index in [1.807, 2.05) is 30.3 Å². The normalized spacial score (nSPS) is 8.50. The Labute approximate surface area is 94.7 Å². The van der Waals surface area contributed by atoms with E-state index in [1.54, 1.807) is 0 Å². The third-order valence-corrected chi connectivity index (χ3v) is 1.63. The summed E-state index contributed by atoms with van der Waals surface area (Å²) in [5.74, 6) is 5.15. The topological polar surface area (TPSA) is 35.5 Å². The lowest BCUT2D eigenvalue weighted by atomic mass is 10.2. The van der Waals surface area contributed by atoms with Crippen molar-refractivity contribution in [2.75, 3.05) is 13.2 Å². The first-order chi connectivity index (χ1) is 7.83. The molecule has 1 rings (SSSR count). The van der Waals surface area contributed by atoms with Gasteiger partial charge in [-0.3, -0.25) is 0 Å². The van der Waals surface area contributed by atoms with Crippen LogP contribution in [0.2, 0.25) is 0 Å². The second-order valence-corrected chi connectivity index (χ2v) is 2.81. The summed E-state index contributed by atoms with van der Waals surface area (Å²) < 4.78 is 9.43. The van der Waals surface area contributed by atoms with Crippen LogP contribution in [-0.2, 0) is 14.3 Å². The Bertz CT molecular complexity index is 398. The Balaban J connectivity index is 2.28. The van der Waals surface area contributed by atoms with Crippen molar-refractivity contribution in [3.63, 3.8) is 0 Å². The Hall–Kier alpha value is -2.21. The molecule has 0 aliphatic carbocycles. The quantitative estimate of drug-likeness (QED) is 0.437. The summed E-state index contributed by atoms with van der Waals surface area (Å²) in [7, 11) is 0. The molecule has 3 heteroatoms. The summed E-state index contributed by atoms with van der Waals surface area (Å²) in [6.45, 7) is 3.25. The molecule has 0 heterocycles. The number of hydrogen-bond donors (Lipinski definition) is 0. The molecule has 82 valence electrons. The van der Waals surface area contributed by atoms with Crippen molar-refractivity contribution in [2.24, 2.45) is 0 Å². The Morgan fingerprint density at radius 2 is 2.12 bits per heavy atom. The zero-order chi connectivity index (χ0) is 11.6. The van der Waals surface area contributed by atoms with E-state index in [4.69, 9.17) is 4.74 Å². The maximum Gasteiger partial charge on any atom is 0.345 e. The van der Waals surface area contributed by atoms with Crippen molar-refractivity contribution >= 4 is 5.97 Å².